The SMILES string of the molecule is CCOC(=O)[C@H]1C(=O)N(CCCOC)c2nc3ccccc3n2[C@H]1c1ccccn1. The van der Waals surface area contributed by atoms with Gasteiger partial charge in [-0.3, -0.25) is 24.0 Å². The Kier molecular flexibility index (Phi) is 5.76. The number of benzene rings is 1. The predicted molar refractivity (Wildman–Crippen MR) is 111 cm³/mol. The standard InChI is InChI=1S/C22H24N4O4/c1-3-30-21(28)18-19(16-10-6-7-12-23-16)26-17-11-5-4-9-15(17)24-22(26)25(20(18)27)13-8-14-29-2/h4-7,9-12,18-19H,3,8,13-14H2,1-2H3/t18-,19+/m1/s1. The Labute approximate surface area is 174 Å². The molecule has 0 N–H and O–H groups in total. The molecule has 0 radical (unpaired) electrons. The monoisotopic (exact) mass is 408 g/mol. The van der Waals surface area contributed by atoms with E-state index in [2.05, 4.69) is 4.98 Å². The Morgan fingerprint density at radius 1 is 1.17 bits per heavy atom. The van der Waals surface area contributed by atoms with Crippen LogP contribution in [-0.4, -0.2) is 53.3 Å². The van der Waals surface area contributed by atoms with E-state index in [4.69, 9.17) is 14.5 Å². The van der Waals surface area contributed by atoms with Gasteiger partial charge in [-0.2, -0.15) is 0 Å². The molecule has 0 aliphatic carbocycles. The summed E-state index contributed by atoms with van der Waals surface area (Å²) in [6.45, 7) is 2.81. The molecule has 156 valence electrons. The second kappa shape index (κ2) is 8.62. The lowest BCUT2D eigenvalue weighted by molar-refractivity contribution is -0.153. The van der Waals surface area contributed by atoms with Gasteiger partial charge in [0.1, 0.15) is 6.04 Å². The van der Waals surface area contributed by atoms with Gasteiger partial charge in [-0.1, -0.05) is 18.2 Å². The number of anilines is 1. The van der Waals surface area contributed by atoms with E-state index in [-0.39, 0.29) is 12.5 Å². The third kappa shape index (κ3) is 3.43. The van der Waals surface area contributed by atoms with Gasteiger partial charge in [0.15, 0.2) is 5.92 Å². The predicted octanol–water partition coefficient (Wildman–Crippen LogP) is 2.58. The van der Waals surface area contributed by atoms with Crippen LogP contribution in [0, 0.1) is 5.92 Å². The lowest BCUT2D eigenvalue weighted by atomic mass is 9.92. The van der Waals surface area contributed by atoms with Crippen molar-refractivity contribution in [3.8, 4) is 0 Å². The minimum absolute atomic E-state index is 0.193. The van der Waals surface area contributed by atoms with Gasteiger partial charge in [-0.05, 0) is 37.6 Å². The van der Waals surface area contributed by atoms with Crippen LogP contribution in [-0.2, 0) is 19.1 Å². The topological polar surface area (TPSA) is 86.5 Å². The molecule has 0 fully saturated rings. The molecule has 4 rings (SSSR count). The van der Waals surface area contributed by atoms with Crippen molar-refractivity contribution >= 4 is 28.9 Å². The lowest BCUT2D eigenvalue weighted by Gasteiger charge is -2.37. The molecule has 2 aromatic heterocycles. The maximum Gasteiger partial charge on any atom is 0.321 e. The minimum atomic E-state index is -1.05. The van der Waals surface area contributed by atoms with Gasteiger partial charge in [-0.25, -0.2) is 4.98 Å². The van der Waals surface area contributed by atoms with Gasteiger partial charge in [0, 0.05) is 26.5 Å². The highest BCUT2D eigenvalue weighted by Crippen LogP contribution is 2.40. The number of hydrogen-bond donors (Lipinski definition) is 0. The molecule has 0 spiro atoms. The van der Waals surface area contributed by atoms with Crippen molar-refractivity contribution in [3.63, 3.8) is 0 Å². The second-order valence-corrected chi connectivity index (χ2v) is 7.04. The number of hydrogen-bond acceptors (Lipinski definition) is 6. The summed E-state index contributed by atoms with van der Waals surface area (Å²) in [4.78, 5) is 37.3. The molecule has 0 saturated carbocycles. The highest BCUT2D eigenvalue weighted by Gasteiger charge is 2.48. The highest BCUT2D eigenvalue weighted by molar-refractivity contribution is 6.08. The number of esters is 1. The van der Waals surface area contributed by atoms with Gasteiger partial charge in [0.25, 0.3) is 0 Å². The summed E-state index contributed by atoms with van der Waals surface area (Å²) in [6, 6.07) is 12.5. The summed E-state index contributed by atoms with van der Waals surface area (Å²) >= 11 is 0. The fourth-order valence-electron chi connectivity index (χ4n) is 3.94. The number of carbonyl (C=O) groups is 2. The van der Waals surface area contributed by atoms with E-state index in [0.717, 1.165) is 11.0 Å². The van der Waals surface area contributed by atoms with Gasteiger partial charge >= 0.3 is 5.97 Å². The molecule has 3 aromatic rings. The molecule has 1 amide bonds. The number of amides is 1. The van der Waals surface area contributed by atoms with E-state index in [1.807, 2.05) is 41.0 Å². The fourth-order valence-corrected chi connectivity index (χ4v) is 3.94. The first-order chi connectivity index (χ1) is 14.7. The fraction of sp³-hybridized carbons (Fsp3) is 0.364. The number of pyridine rings is 1. The second-order valence-electron chi connectivity index (χ2n) is 7.04. The van der Waals surface area contributed by atoms with Crippen LogP contribution < -0.4 is 4.90 Å². The first-order valence-corrected chi connectivity index (χ1v) is 10.0. The van der Waals surface area contributed by atoms with E-state index in [1.165, 1.54) is 0 Å². The normalized spacial score (nSPS) is 18.5. The average molecular weight is 408 g/mol. The first kappa shape index (κ1) is 20.0. The summed E-state index contributed by atoms with van der Waals surface area (Å²) in [7, 11) is 1.62. The average Bonchev–Trinajstić information content (AvgIpc) is 3.14. The maximum absolute atomic E-state index is 13.6. The molecule has 8 heteroatoms. The molecule has 1 aliphatic heterocycles. The number of ether oxygens (including phenoxy) is 2. The van der Waals surface area contributed by atoms with Crippen LogP contribution in [0.2, 0.25) is 0 Å². The number of rotatable bonds is 7. The number of carbonyl (C=O) groups excluding carboxylic acids is 2. The van der Waals surface area contributed by atoms with Gasteiger partial charge < -0.3 is 9.47 Å². The number of nitrogens with zero attached hydrogens (tertiary/aromatic N) is 4. The van der Waals surface area contributed by atoms with Crippen LogP contribution in [0.15, 0.2) is 48.7 Å². The molecule has 0 unspecified atom stereocenters. The van der Waals surface area contributed by atoms with Crippen LogP contribution >= 0.6 is 0 Å². The Bertz CT molecular complexity index is 1050. The van der Waals surface area contributed by atoms with E-state index in [0.29, 0.717) is 31.2 Å². The smallest absolute Gasteiger partial charge is 0.321 e. The van der Waals surface area contributed by atoms with Crippen LogP contribution in [0.1, 0.15) is 25.1 Å². The van der Waals surface area contributed by atoms with E-state index in [9.17, 15) is 9.59 Å². The third-order valence-electron chi connectivity index (χ3n) is 5.21. The van der Waals surface area contributed by atoms with Crippen molar-refractivity contribution in [1.29, 1.82) is 0 Å². The number of fused-ring (bicyclic) bond motifs is 3. The van der Waals surface area contributed by atoms with Crippen molar-refractivity contribution in [2.24, 2.45) is 5.92 Å². The van der Waals surface area contributed by atoms with Crippen molar-refractivity contribution in [2.75, 3.05) is 31.8 Å². The first-order valence-electron chi connectivity index (χ1n) is 10.0. The number of aromatic nitrogens is 3. The summed E-state index contributed by atoms with van der Waals surface area (Å²) < 4.78 is 12.4. The zero-order valence-electron chi connectivity index (χ0n) is 17.0. The quantitative estimate of drug-likeness (QED) is 0.339. The molecule has 2 atom stereocenters. The van der Waals surface area contributed by atoms with E-state index < -0.39 is 17.9 Å². The van der Waals surface area contributed by atoms with Crippen molar-refractivity contribution < 1.29 is 19.1 Å². The molecule has 1 aromatic carbocycles. The molecule has 30 heavy (non-hydrogen) atoms. The number of imidazole rings is 1. The van der Waals surface area contributed by atoms with Crippen LogP contribution in [0.4, 0.5) is 5.95 Å². The molecule has 1 aliphatic rings. The Morgan fingerprint density at radius 2 is 1.97 bits per heavy atom. The van der Waals surface area contributed by atoms with Gasteiger partial charge in [0.2, 0.25) is 11.9 Å². The summed E-state index contributed by atoms with van der Waals surface area (Å²) in [6.07, 6.45) is 2.28. The largest absolute Gasteiger partial charge is 0.465 e. The Morgan fingerprint density at radius 3 is 2.70 bits per heavy atom. The van der Waals surface area contributed by atoms with Crippen molar-refractivity contribution in [2.45, 2.75) is 19.4 Å². The van der Waals surface area contributed by atoms with E-state index in [1.54, 1.807) is 31.2 Å². The molecule has 8 nitrogen and oxygen atoms in total. The van der Waals surface area contributed by atoms with Crippen LogP contribution in [0.3, 0.4) is 0 Å². The van der Waals surface area contributed by atoms with Crippen molar-refractivity contribution in [3.05, 3.63) is 54.4 Å². The zero-order valence-corrected chi connectivity index (χ0v) is 17.0. The summed E-state index contributed by atoms with van der Waals surface area (Å²) in [5.41, 5.74) is 2.20. The molecule has 0 saturated heterocycles. The van der Waals surface area contributed by atoms with Gasteiger partial charge in [0.05, 0.1) is 23.3 Å². The highest BCUT2D eigenvalue weighted by atomic mass is 16.5. The van der Waals surface area contributed by atoms with E-state index >= 15 is 0 Å². The van der Waals surface area contributed by atoms with Crippen LogP contribution in [0.25, 0.3) is 11.0 Å². The lowest BCUT2D eigenvalue weighted by Crippen LogP contribution is -2.50. The molecule has 0 bridgehead atoms. The Balaban J connectivity index is 1.93. The maximum atomic E-state index is 13.6. The Hall–Kier alpha value is -3.26. The van der Waals surface area contributed by atoms with Crippen LogP contribution in [0.5, 0.6) is 0 Å². The zero-order chi connectivity index (χ0) is 21.1. The molecular weight excluding hydrogens is 384 g/mol. The summed E-state index contributed by atoms with van der Waals surface area (Å²) in [5, 5.41) is 0. The summed E-state index contributed by atoms with van der Waals surface area (Å²) in [5.74, 6) is -1.43. The molecule has 3 heterocycles. The third-order valence-corrected chi connectivity index (χ3v) is 5.21. The van der Waals surface area contributed by atoms with Crippen molar-refractivity contribution in [1.82, 2.24) is 14.5 Å². The minimum Gasteiger partial charge on any atom is -0.465 e. The van der Waals surface area contributed by atoms with Gasteiger partial charge in [-0.15, -0.1) is 0 Å². The number of methoxy groups -OCH3 is 1. The number of para-hydroxylation sites is 2. The molecular formula is C22H24N4O4.